The number of nitrogens with two attached hydrogens (primary N) is 1. The minimum absolute atomic E-state index is 0. The van der Waals surface area contributed by atoms with Gasteiger partial charge in [0.1, 0.15) is 5.75 Å². The third-order valence-corrected chi connectivity index (χ3v) is 1.42. The van der Waals surface area contributed by atoms with Crippen LogP contribution in [0.5, 0.6) is 5.75 Å². The molecular formula is C4H6ClNOS. The number of thiophene rings is 1. The minimum atomic E-state index is 0. The highest BCUT2D eigenvalue weighted by atomic mass is 35.5. The summed E-state index contributed by atoms with van der Waals surface area (Å²) in [6, 6.07) is 0. The number of rotatable bonds is 0. The van der Waals surface area contributed by atoms with Crippen LogP contribution in [0.4, 0.5) is 5.69 Å². The van der Waals surface area contributed by atoms with Crippen molar-refractivity contribution in [3.05, 3.63) is 10.8 Å². The van der Waals surface area contributed by atoms with E-state index in [9.17, 15) is 0 Å². The molecule has 3 N–H and O–H groups in total. The third kappa shape index (κ3) is 1.28. The normalized spacial score (nSPS) is 8.00. The monoisotopic (exact) mass is 151 g/mol. The Labute approximate surface area is 57.4 Å². The molecule has 0 saturated heterocycles. The largest absolute Gasteiger partial charge is 0.505 e. The van der Waals surface area contributed by atoms with E-state index in [1.165, 1.54) is 11.3 Å². The average molecular weight is 152 g/mol. The van der Waals surface area contributed by atoms with Crippen LogP contribution in [0.3, 0.4) is 0 Å². The standard InChI is InChI=1S/C4H5NOS.ClH/c5-3-1-7-2-4(3)6;/h1-2,6H,5H2;1H. The second-order valence-corrected chi connectivity index (χ2v) is 1.96. The molecule has 0 unspecified atom stereocenters. The SMILES string of the molecule is Cl.Nc1cscc1O. The Bertz CT molecular complexity index is 148. The van der Waals surface area contributed by atoms with Gasteiger partial charge in [-0.25, -0.2) is 0 Å². The number of halogens is 1. The van der Waals surface area contributed by atoms with E-state index in [4.69, 9.17) is 10.8 Å². The van der Waals surface area contributed by atoms with Crippen molar-refractivity contribution in [1.82, 2.24) is 0 Å². The van der Waals surface area contributed by atoms with E-state index in [1.807, 2.05) is 0 Å². The molecule has 1 rings (SSSR count). The highest BCUT2D eigenvalue weighted by Gasteiger charge is 1.91. The first kappa shape index (κ1) is 7.59. The zero-order valence-corrected chi connectivity index (χ0v) is 5.63. The van der Waals surface area contributed by atoms with Gasteiger partial charge >= 0.3 is 0 Å². The summed E-state index contributed by atoms with van der Waals surface area (Å²) in [6.07, 6.45) is 0. The van der Waals surface area contributed by atoms with E-state index in [2.05, 4.69) is 0 Å². The van der Waals surface area contributed by atoms with Gasteiger partial charge in [0, 0.05) is 10.8 Å². The molecule has 1 aromatic heterocycles. The van der Waals surface area contributed by atoms with E-state index in [0.717, 1.165) is 0 Å². The molecule has 0 spiro atoms. The average Bonchev–Trinajstić information content (AvgIpc) is 1.91. The molecule has 8 heavy (non-hydrogen) atoms. The molecule has 0 amide bonds. The number of nitrogen functional groups attached to an aromatic ring is 1. The molecule has 0 aliphatic rings. The van der Waals surface area contributed by atoms with Gasteiger partial charge in [0.25, 0.3) is 0 Å². The van der Waals surface area contributed by atoms with Gasteiger partial charge in [-0.3, -0.25) is 0 Å². The van der Waals surface area contributed by atoms with Gasteiger partial charge in [-0.1, -0.05) is 0 Å². The second kappa shape index (κ2) is 2.79. The van der Waals surface area contributed by atoms with E-state index in [1.54, 1.807) is 10.8 Å². The van der Waals surface area contributed by atoms with Gasteiger partial charge in [-0.15, -0.1) is 23.7 Å². The maximum Gasteiger partial charge on any atom is 0.149 e. The van der Waals surface area contributed by atoms with Crippen LogP contribution in [-0.2, 0) is 0 Å². The number of hydrogen-bond acceptors (Lipinski definition) is 3. The molecule has 0 aliphatic heterocycles. The Balaban J connectivity index is 0.000000490. The van der Waals surface area contributed by atoms with Crippen LogP contribution in [0.2, 0.25) is 0 Å². The van der Waals surface area contributed by atoms with Crippen LogP contribution in [0.25, 0.3) is 0 Å². The van der Waals surface area contributed by atoms with Crippen molar-refractivity contribution in [2.75, 3.05) is 5.73 Å². The fourth-order valence-electron chi connectivity index (χ4n) is 0.300. The zero-order valence-electron chi connectivity index (χ0n) is 4.00. The molecule has 0 aromatic carbocycles. The second-order valence-electron chi connectivity index (χ2n) is 1.21. The summed E-state index contributed by atoms with van der Waals surface area (Å²) in [7, 11) is 0. The topological polar surface area (TPSA) is 46.2 Å². The summed E-state index contributed by atoms with van der Waals surface area (Å²) in [5.41, 5.74) is 5.66. The molecule has 46 valence electrons. The van der Waals surface area contributed by atoms with Crippen LogP contribution in [0.15, 0.2) is 10.8 Å². The molecule has 0 atom stereocenters. The third-order valence-electron chi connectivity index (χ3n) is 0.670. The van der Waals surface area contributed by atoms with Gasteiger partial charge in [0.2, 0.25) is 0 Å². The molecule has 4 heteroatoms. The minimum Gasteiger partial charge on any atom is -0.505 e. The molecule has 1 heterocycles. The van der Waals surface area contributed by atoms with E-state index < -0.39 is 0 Å². The first-order valence-corrected chi connectivity index (χ1v) is 2.75. The van der Waals surface area contributed by atoms with Gasteiger partial charge in [-0.2, -0.15) is 0 Å². The Morgan fingerprint density at radius 2 is 2.12 bits per heavy atom. The van der Waals surface area contributed by atoms with Crippen LogP contribution >= 0.6 is 23.7 Å². The number of anilines is 1. The Morgan fingerprint density at radius 3 is 2.25 bits per heavy atom. The Kier molecular flexibility index (Phi) is 2.65. The van der Waals surface area contributed by atoms with Crippen molar-refractivity contribution in [2.45, 2.75) is 0 Å². The zero-order chi connectivity index (χ0) is 5.28. The molecule has 0 radical (unpaired) electrons. The van der Waals surface area contributed by atoms with E-state index in [0.29, 0.717) is 5.69 Å². The molecule has 2 nitrogen and oxygen atoms in total. The maximum atomic E-state index is 8.64. The summed E-state index contributed by atoms with van der Waals surface area (Å²) >= 11 is 1.39. The molecule has 1 aromatic rings. The van der Waals surface area contributed by atoms with Crippen molar-refractivity contribution in [1.29, 1.82) is 0 Å². The summed E-state index contributed by atoms with van der Waals surface area (Å²) in [5, 5.41) is 11.9. The lowest BCUT2D eigenvalue weighted by atomic mass is 10.5. The van der Waals surface area contributed by atoms with Crippen molar-refractivity contribution in [2.24, 2.45) is 0 Å². The molecule has 0 saturated carbocycles. The van der Waals surface area contributed by atoms with Crippen LogP contribution in [0, 0.1) is 0 Å². The van der Waals surface area contributed by atoms with Crippen molar-refractivity contribution < 1.29 is 5.11 Å². The van der Waals surface area contributed by atoms with Gasteiger partial charge in [0.15, 0.2) is 0 Å². The number of aromatic hydroxyl groups is 1. The fraction of sp³-hybridized carbons (Fsp3) is 0. The summed E-state index contributed by atoms with van der Waals surface area (Å²) in [4.78, 5) is 0. The Morgan fingerprint density at radius 1 is 1.50 bits per heavy atom. The molecule has 0 bridgehead atoms. The lowest BCUT2D eigenvalue weighted by Gasteiger charge is -1.80. The first-order chi connectivity index (χ1) is 3.30. The Hall–Kier alpha value is -0.410. The lowest BCUT2D eigenvalue weighted by Crippen LogP contribution is -1.77. The molecular weight excluding hydrogens is 146 g/mol. The van der Waals surface area contributed by atoms with Gasteiger partial charge < -0.3 is 10.8 Å². The predicted octanol–water partition coefficient (Wildman–Crippen LogP) is 1.46. The van der Waals surface area contributed by atoms with Crippen molar-refractivity contribution in [3.8, 4) is 5.75 Å². The van der Waals surface area contributed by atoms with Crippen LogP contribution < -0.4 is 5.73 Å². The first-order valence-electron chi connectivity index (χ1n) is 1.81. The predicted molar refractivity (Wildman–Crippen MR) is 37.6 cm³/mol. The van der Waals surface area contributed by atoms with E-state index >= 15 is 0 Å². The van der Waals surface area contributed by atoms with Crippen LogP contribution in [0.1, 0.15) is 0 Å². The number of hydrogen-bond donors (Lipinski definition) is 2. The smallest absolute Gasteiger partial charge is 0.149 e. The van der Waals surface area contributed by atoms with Crippen LogP contribution in [-0.4, -0.2) is 5.11 Å². The quantitative estimate of drug-likeness (QED) is 0.590. The maximum absolute atomic E-state index is 8.64. The summed E-state index contributed by atoms with van der Waals surface area (Å²) < 4.78 is 0. The van der Waals surface area contributed by atoms with Gasteiger partial charge in [0.05, 0.1) is 5.69 Å². The summed E-state index contributed by atoms with van der Waals surface area (Å²) in [6.45, 7) is 0. The molecule has 0 aliphatic carbocycles. The van der Waals surface area contributed by atoms with Crippen molar-refractivity contribution >= 4 is 29.4 Å². The highest BCUT2D eigenvalue weighted by molar-refractivity contribution is 7.08. The van der Waals surface area contributed by atoms with Gasteiger partial charge in [-0.05, 0) is 0 Å². The highest BCUT2D eigenvalue weighted by Crippen LogP contribution is 2.22. The van der Waals surface area contributed by atoms with Crippen molar-refractivity contribution in [3.63, 3.8) is 0 Å². The lowest BCUT2D eigenvalue weighted by molar-refractivity contribution is 0.480. The van der Waals surface area contributed by atoms with E-state index in [-0.39, 0.29) is 18.2 Å². The fourth-order valence-corrected chi connectivity index (χ4v) is 0.901. The molecule has 0 fully saturated rings. The summed E-state index contributed by atoms with van der Waals surface area (Å²) in [5.74, 6) is 0.185.